The molecule has 0 fully saturated rings. The molecule has 0 saturated carbocycles. The van der Waals surface area contributed by atoms with Crippen molar-refractivity contribution in [2.75, 3.05) is 0 Å². The zero-order chi connectivity index (χ0) is 13.7. The fourth-order valence-corrected chi connectivity index (χ4v) is 2.12. The predicted molar refractivity (Wildman–Crippen MR) is 66.9 cm³/mol. The van der Waals surface area contributed by atoms with E-state index in [2.05, 4.69) is 22.1 Å². The maximum atomic E-state index is 11.4. The number of rotatable bonds is 7. The summed E-state index contributed by atoms with van der Waals surface area (Å²) < 4.78 is 1.53. The van der Waals surface area contributed by atoms with Crippen molar-refractivity contribution in [1.29, 1.82) is 0 Å². The molecule has 0 aromatic carbocycles. The summed E-state index contributed by atoms with van der Waals surface area (Å²) in [4.78, 5) is 11.4. The molecule has 1 aromatic heterocycles. The lowest BCUT2D eigenvalue weighted by Gasteiger charge is -2.23. The van der Waals surface area contributed by atoms with E-state index in [4.69, 9.17) is 0 Å². The maximum Gasteiger partial charge on any atom is 0.307 e. The summed E-state index contributed by atoms with van der Waals surface area (Å²) >= 11 is 0. The van der Waals surface area contributed by atoms with E-state index in [1.54, 1.807) is 13.1 Å². The summed E-state index contributed by atoms with van der Waals surface area (Å²) in [6, 6.07) is 0. The van der Waals surface area contributed by atoms with E-state index >= 15 is 0 Å². The van der Waals surface area contributed by atoms with Gasteiger partial charge < -0.3 is 5.11 Å². The van der Waals surface area contributed by atoms with Gasteiger partial charge in [0, 0.05) is 13.0 Å². The molecule has 1 rings (SSSR count). The highest BCUT2D eigenvalue weighted by Gasteiger charge is 2.32. The second kappa shape index (κ2) is 6.28. The monoisotopic (exact) mass is 252 g/mol. The first kappa shape index (κ1) is 14.3. The van der Waals surface area contributed by atoms with Gasteiger partial charge in [0.1, 0.15) is 0 Å². The minimum absolute atomic E-state index is 0.234. The summed E-state index contributed by atoms with van der Waals surface area (Å²) in [6.07, 6.45) is 2.87. The summed E-state index contributed by atoms with van der Waals surface area (Å²) in [5.41, 5.74) is 0. The molecule has 18 heavy (non-hydrogen) atoms. The number of nitrogens with zero attached hydrogens (tertiary/aromatic N) is 4. The van der Waals surface area contributed by atoms with Gasteiger partial charge in [-0.05, 0) is 29.2 Å². The van der Waals surface area contributed by atoms with Gasteiger partial charge in [-0.3, -0.25) is 4.79 Å². The third-order valence-corrected chi connectivity index (χ3v) is 2.93. The molecule has 2 atom stereocenters. The first-order valence-electron chi connectivity index (χ1n) is 6.03. The van der Waals surface area contributed by atoms with E-state index < -0.39 is 11.9 Å². The van der Waals surface area contributed by atoms with Gasteiger partial charge in [0.25, 0.3) is 0 Å². The molecule has 0 amide bonds. The maximum absolute atomic E-state index is 11.4. The van der Waals surface area contributed by atoms with Gasteiger partial charge >= 0.3 is 5.97 Å². The van der Waals surface area contributed by atoms with E-state index in [0.717, 1.165) is 0 Å². The van der Waals surface area contributed by atoms with Crippen molar-refractivity contribution in [1.82, 2.24) is 20.2 Å². The molecule has 1 N–H and O–H groups in total. The van der Waals surface area contributed by atoms with Crippen LogP contribution in [-0.4, -0.2) is 31.3 Å². The predicted octanol–water partition coefficient (Wildman–Crippen LogP) is 1.62. The Morgan fingerprint density at radius 1 is 1.56 bits per heavy atom. The first-order chi connectivity index (χ1) is 8.47. The Kier molecular flexibility index (Phi) is 5.00. The Morgan fingerprint density at radius 3 is 2.61 bits per heavy atom. The number of hydrogen-bond donors (Lipinski definition) is 1. The second-order valence-corrected chi connectivity index (χ2v) is 4.87. The Balaban J connectivity index is 3.04. The Bertz CT molecular complexity index is 414. The average Bonchev–Trinajstić information content (AvgIpc) is 2.69. The van der Waals surface area contributed by atoms with Crippen LogP contribution in [0.4, 0.5) is 0 Å². The van der Waals surface area contributed by atoms with Crippen LogP contribution in [0.1, 0.15) is 38.4 Å². The van der Waals surface area contributed by atoms with Crippen molar-refractivity contribution in [3.63, 3.8) is 0 Å². The summed E-state index contributed by atoms with van der Waals surface area (Å²) in [6.45, 7) is 7.71. The Hall–Kier alpha value is -1.72. The van der Waals surface area contributed by atoms with E-state index in [9.17, 15) is 9.90 Å². The molecule has 0 aliphatic heterocycles. The number of carbonyl (C=O) groups is 1. The molecule has 0 aliphatic rings. The van der Waals surface area contributed by atoms with Crippen LogP contribution in [0.2, 0.25) is 0 Å². The van der Waals surface area contributed by atoms with Crippen molar-refractivity contribution in [3.8, 4) is 0 Å². The van der Waals surface area contributed by atoms with E-state index in [-0.39, 0.29) is 5.92 Å². The van der Waals surface area contributed by atoms with Crippen LogP contribution in [0.15, 0.2) is 12.7 Å². The standard InChI is InChI=1S/C12H20N4O2/c1-5-6-9(11-13-14-15-16(11)4)10(12(17)18)7-8(2)3/h5,8-10H,1,6-7H2,2-4H3,(H,17,18). The van der Waals surface area contributed by atoms with Crippen LogP contribution >= 0.6 is 0 Å². The molecule has 1 aromatic rings. The zero-order valence-electron chi connectivity index (χ0n) is 11.1. The van der Waals surface area contributed by atoms with E-state index in [1.165, 1.54) is 4.68 Å². The van der Waals surface area contributed by atoms with Crippen LogP contribution in [-0.2, 0) is 11.8 Å². The highest BCUT2D eigenvalue weighted by molar-refractivity contribution is 5.71. The number of hydrogen-bond acceptors (Lipinski definition) is 4. The summed E-state index contributed by atoms with van der Waals surface area (Å²) in [5.74, 6) is -0.629. The van der Waals surface area contributed by atoms with Crippen molar-refractivity contribution >= 4 is 5.97 Å². The van der Waals surface area contributed by atoms with Crippen LogP contribution < -0.4 is 0 Å². The van der Waals surface area contributed by atoms with Crippen molar-refractivity contribution in [3.05, 3.63) is 18.5 Å². The SMILES string of the molecule is C=CCC(c1nnnn1C)C(CC(C)C)C(=O)O. The lowest BCUT2D eigenvalue weighted by Crippen LogP contribution is -2.26. The van der Waals surface area contributed by atoms with Crippen molar-refractivity contribution in [2.24, 2.45) is 18.9 Å². The van der Waals surface area contributed by atoms with Crippen LogP contribution in [0.5, 0.6) is 0 Å². The minimum Gasteiger partial charge on any atom is -0.481 e. The fraction of sp³-hybridized carbons (Fsp3) is 0.667. The zero-order valence-corrected chi connectivity index (χ0v) is 11.1. The fourth-order valence-electron chi connectivity index (χ4n) is 2.12. The topological polar surface area (TPSA) is 80.9 Å². The lowest BCUT2D eigenvalue weighted by molar-refractivity contribution is -0.143. The quantitative estimate of drug-likeness (QED) is 0.746. The van der Waals surface area contributed by atoms with Crippen LogP contribution in [0, 0.1) is 11.8 Å². The molecule has 0 saturated heterocycles. The van der Waals surface area contributed by atoms with Crippen molar-refractivity contribution < 1.29 is 9.90 Å². The highest BCUT2D eigenvalue weighted by atomic mass is 16.4. The molecule has 2 unspecified atom stereocenters. The molecule has 1 heterocycles. The highest BCUT2D eigenvalue weighted by Crippen LogP contribution is 2.31. The van der Waals surface area contributed by atoms with E-state index in [0.29, 0.717) is 24.6 Å². The molecule has 0 aliphatic carbocycles. The van der Waals surface area contributed by atoms with Gasteiger partial charge in [0.05, 0.1) is 5.92 Å². The minimum atomic E-state index is -0.807. The van der Waals surface area contributed by atoms with Crippen LogP contribution in [0.3, 0.4) is 0 Å². The Labute approximate surface area is 107 Å². The molecule has 6 nitrogen and oxygen atoms in total. The molecule has 0 spiro atoms. The molecule has 0 bridgehead atoms. The van der Waals surface area contributed by atoms with Gasteiger partial charge in [-0.25, -0.2) is 4.68 Å². The number of tetrazole rings is 1. The van der Waals surface area contributed by atoms with Gasteiger partial charge in [-0.2, -0.15) is 0 Å². The normalized spacial score (nSPS) is 14.4. The molecule has 0 radical (unpaired) electrons. The molecule has 6 heteroatoms. The molecular formula is C12H20N4O2. The lowest BCUT2D eigenvalue weighted by atomic mass is 9.83. The van der Waals surface area contributed by atoms with Crippen molar-refractivity contribution in [2.45, 2.75) is 32.6 Å². The number of carboxylic acids is 1. The first-order valence-corrected chi connectivity index (χ1v) is 6.03. The third-order valence-electron chi connectivity index (χ3n) is 2.93. The Morgan fingerprint density at radius 2 is 2.22 bits per heavy atom. The van der Waals surface area contributed by atoms with E-state index in [1.807, 2.05) is 13.8 Å². The number of aromatic nitrogens is 4. The second-order valence-electron chi connectivity index (χ2n) is 4.87. The largest absolute Gasteiger partial charge is 0.481 e. The average molecular weight is 252 g/mol. The molecular weight excluding hydrogens is 232 g/mol. The van der Waals surface area contributed by atoms with Gasteiger partial charge in [-0.1, -0.05) is 19.9 Å². The summed E-state index contributed by atoms with van der Waals surface area (Å²) in [7, 11) is 1.72. The van der Waals surface area contributed by atoms with Gasteiger partial charge in [0.15, 0.2) is 5.82 Å². The molecule has 100 valence electrons. The summed E-state index contributed by atoms with van der Waals surface area (Å²) in [5, 5.41) is 20.7. The smallest absolute Gasteiger partial charge is 0.307 e. The number of carboxylic acid groups (broad SMARTS) is 1. The number of allylic oxidation sites excluding steroid dienone is 1. The van der Waals surface area contributed by atoms with Gasteiger partial charge in [0.2, 0.25) is 0 Å². The number of aryl methyl sites for hydroxylation is 1. The third kappa shape index (κ3) is 3.38. The van der Waals surface area contributed by atoms with Crippen LogP contribution in [0.25, 0.3) is 0 Å². The number of aliphatic carboxylic acids is 1. The van der Waals surface area contributed by atoms with Gasteiger partial charge in [-0.15, -0.1) is 11.7 Å².